The summed E-state index contributed by atoms with van der Waals surface area (Å²) in [7, 11) is 0. The van der Waals surface area contributed by atoms with Crippen molar-refractivity contribution in [2.75, 3.05) is 11.1 Å². The lowest BCUT2D eigenvalue weighted by atomic mass is 10.1. The van der Waals surface area contributed by atoms with Crippen molar-refractivity contribution >= 4 is 34.1 Å². The molecule has 7 nitrogen and oxygen atoms in total. The van der Waals surface area contributed by atoms with E-state index >= 15 is 0 Å². The summed E-state index contributed by atoms with van der Waals surface area (Å²) in [6.45, 7) is 3.76. The largest absolute Gasteiger partial charge is 0.573 e. The molecule has 0 bridgehead atoms. The number of anilines is 1. The molecule has 34 heavy (non-hydrogen) atoms. The van der Waals surface area contributed by atoms with Gasteiger partial charge in [0.2, 0.25) is 11.0 Å². The number of aromatic nitrogens is 4. The molecule has 2 heterocycles. The Kier molecular flexibility index (Phi) is 6.89. The number of carbonyl (C=O) groups excluding carboxylic acids is 1. The Morgan fingerprint density at radius 2 is 1.79 bits per heavy atom. The second kappa shape index (κ2) is 9.85. The van der Waals surface area contributed by atoms with Gasteiger partial charge in [-0.15, -0.1) is 23.4 Å². The Labute approximate surface area is 201 Å². The zero-order valence-corrected chi connectivity index (χ0v) is 19.6. The molecule has 2 aromatic carbocycles. The number of alkyl halides is 3. The topological polar surface area (TPSA) is 81.9 Å². The average molecular weight is 506 g/mol. The van der Waals surface area contributed by atoms with Crippen LogP contribution in [0.3, 0.4) is 0 Å². The highest BCUT2D eigenvalue weighted by molar-refractivity contribution is 7.99. The number of rotatable bonds is 7. The minimum atomic E-state index is -4.77. The van der Waals surface area contributed by atoms with Crippen LogP contribution < -0.4 is 10.1 Å². The molecule has 4 aromatic rings. The molecule has 1 N–H and O–H groups in total. The van der Waals surface area contributed by atoms with E-state index in [-0.39, 0.29) is 17.4 Å². The highest BCUT2D eigenvalue weighted by atomic mass is 32.2. The number of ether oxygens (including phenoxy) is 1. The van der Waals surface area contributed by atoms with E-state index in [0.29, 0.717) is 16.0 Å². The molecule has 2 aromatic heterocycles. The van der Waals surface area contributed by atoms with Gasteiger partial charge in [-0.2, -0.15) is 0 Å². The Balaban J connectivity index is 1.61. The molecule has 4 rings (SSSR count). The zero-order valence-electron chi connectivity index (χ0n) is 18.0. The van der Waals surface area contributed by atoms with Gasteiger partial charge in [0.1, 0.15) is 10.8 Å². The van der Waals surface area contributed by atoms with Crippen LogP contribution in [0.5, 0.6) is 5.75 Å². The summed E-state index contributed by atoms with van der Waals surface area (Å²) >= 11 is 2.46. The molecule has 0 atom stereocenters. The van der Waals surface area contributed by atoms with Crippen molar-refractivity contribution in [2.24, 2.45) is 0 Å². The first-order valence-corrected chi connectivity index (χ1v) is 11.7. The minimum absolute atomic E-state index is 0.0538. The number of hydrogen-bond acceptors (Lipinski definition) is 7. The molecular formula is C22H18F3N5O2S2. The third-order valence-corrected chi connectivity index (χ3v) is 6.22. The predicted octanol–water partition coefficient (Wildman–Crippen LogP) is 5.64. The van der Waals surface area contributed by atoms with E-state index in [2.05, 4.69) is 25.2 Å². The maximum absolute atomic E-state index is 12.5. The summed E-state index contributed by atoms with van der Waals surface area (Å²) < 4.78 is 43.4. The van der Waals surface area contributed by atoms with Gasteiger partial charge in [0.05, 0.1) is 17.6 Å². The third-order valence-electron chi connectivity index (χ3n) is 4.51. The van der Waals surface area contributed by atoms with Crippen molar-refractivity contribution in [1.29, 1.82) is 0 Å². The Morgan fingerprint density at radius 1 is 1.09 bits per heavy atom. The van der Waals surface area contributed by atoms with Crippen LogP contribution in [-0.4, -0.2) is 37.8 Å². The molecule has 176 valence electrons. The van der Waals surface area contributed by atoms with Gasteiger partial charge in [-0.05, 0) is 38.1 Å². The molecule has 0 saturated heterocycles. The maximum Gasteiger partial charge on any atom is 0.573 e. The van der Waals surface area contributed by atoms with E-state index in [4.69, 9.17) is 0 Å². The molecule has 12 heteroatoms. The number of amides is 1. The summed E-state index contributed by atoms with van der Waals surface area (Å²) in [6.07, 6.45) is -3.11. The van der Waals surface area contributed by atoms with Crippen molar-refractivity contribution in [2.45, 2.75) is 25.4 Å². The van der Waals surface area contributed by atoms with E-state index in [9.17, 15) is 18.0 Å². The van der Waals surface area contributed by atoms with Gasteiger partial charge in [0.15, 0.2) is 5.16 Å². The summed E-state index contributed by atoms with van der Waals surface area (Å²) in [5.41, 5.74) is 3.26. The lowest BCUT2D eigenvalue weighted by Gasteiger charge is -2.14. The molecule has 0 spiro atoms. The van der Waals surface area contributed by atoms with Crippen LogP contribution in [-0.2, 0) is 4.79 Å². The Hall–Kier alpha value is -3.38. The van der Waals surface area contributed by atoms with Crippen LogP contribution in [0.4, 0.5) is 18.3 Å². The van der Waals surface area contributed by atoms with Gasteiger partial charge in [0, 0.05) is 11.3 Å². The maximum atomic E-state index is 12.5. The van der Waals surface area contributed by atoms with Crippen LogP contribution in [0.2, 0.25) is 0 Å². The van der Waals surface area contributed by atoms with E-state index < -0.39 is 6.36 Å². The van der Waals surface area contributed by atoms with Crippen molar-refractivity contribution in [3.63, 3.8) is 0 Å². The fourth-order valence-electron chi connectivity index (χ4n) is 3.04. The first-order chi connectivity index (χ1) is 16.2. The van der Waals surface area contributed by atoms with Gasteiger partial charge in [0.25, 0.3) is 0 Å². The summed E-state index contributed by atoms with van der Waals surface area (Å²) in [4.78, 5) is 16.8. The highest BCUT2D eigenvalue weighted by Gasteiger charge is 2.31. The van der Waals surface area contributed by atoms with Gasteiger partial charge in [-0.3, -0.25) is 14.7 Å². The standard InChI is InChI=1S/C22H18F3N5O2S2/c1-13-3-5-15(6-4-13)18-11-26-21(33-12-19(31)27-20-29-28-14(2)34-20)30(18)16-7-9-17(10-8-16)32-22(23,24)25/h3-11H,12H2,1-2H3,(H,27,29,31). The molecular weight excluding hydrogens is 487 g/mol. The molecule has 0 fully saturated rings. The number of hydrogen-bond donors (Lipinski definition) is 1. The normalized spacial score (nSPS) is 11.4. The average Bonchev–Trinajstić information content (AvgIpc) is 3.38. The quantitative estimate of drug-likeness (QED) is 0.328. The summed E-state index contributed by atoms with van der Waals surface area (Å²) in [5, 5.41) is 12.1. The predicted molar refractivity (Wildman–Crippen MR) is 124 cm³/mol. The summed E-state index contributed by atoms with van der Waals surface area (Å²) in [5.74, 6) is -0.547. The Morgan fingerprint density at radius 3 is 2.41 bits per heavy atom. The highest BCUT2D eigenvalue weighted by Crippen LogP contribution is 2.32. The zero-order chi connectivity index (χ0) is 24.3. The van der Waals surface area contributed by atoms with Gasteiger partial charge in [-0.1, -0.05) is 52.9 Å². The van der Waals surface area contributed by atoms with Crippen molar-refractivity contribution in [1.82, 2.24) is 19.7 Å². The first kappa shape index (κ1) is 23.8. The fourth-order valence-corrected chi connectivity index (χ4v) is 4.44. The third kappa shape index (κ3) is 5.94. The molecule has 0 unspecified atom stereocenters. The number of carbonyl (C=O) groups is 1. The van der Waals surface area contributed by atoms with Crippen LogP contribution in [0.1, 0.15) is 10.6 Å². The van der Waals surface area contributed by atoms with E-state index in [0.717, 1.165) is 21.8 Å². The molecule has 0 radical (unpaired) electrons. The number of imidazole rings is 1. The fraction of sp³-hybridized carbons (Fsp3) is 0.182. The monoisotopic (exact) mass is 505 g/mol. The first-order valence-electron chi connectivity index (χ1n) is 9.92. The number of nitrogens with zero attached hydrogens (tertiary/aromatic N) is 4. The molecule has 0 aliphatic carbocycles. The number of halogens is 3. The van der Waals surface area contributed by atoms with Crippen LogP contribution in [0.25, 0.3) is 16.9 Å². The molecule has 1 amide bonds. The molecule has 0 saturated carbocycles. The second-order valence-electron chi connectivity index (χ2n) is 7.13. The number of benzene rings is 2. The Bertz CT molecular complexity index is 1290. The number of aryl methyl sites for hydroxylation is 2. The minimum Gasteiger partial charge on any atom is -0.406 e. The van der Waals surface area contributed by atoms with Crippen molar-refractivity contribution in [3.8, 4) is 22.7 Å². The van der Waals surface area contributed by atoms with Gasteiger partial charge >= 0.3 is 6.36 Å². The van der Waals surface area contributed by atoms with E-state index in [1.54, 1.807) is 17.7 Å². The van der Waals surface area contributed by atoms with Crippen molar-refractivity contribution < 1.29 is 22.7 Å². The smallest absolute Gasteiger partial charge is 0.406 e. The van der Waals surface area contributed by atoms with Crippen LogP contribution in [0, 0.1) is 13.8 Å². The number of nitrogens with one attached hydrogen (secondary N) is 1. The molecule has 0 aliphatic heterocycles. The van der Waals surface area contributed by atoms with Crippen molar-refractivity contribution in [3.05, 3.63) is 65.3 Å². The van der Waals surface area contributed by atoms with E-state index in [1.807, 2.05) is 31.2 Å². The second-order valence-corrected chi connectivity index (χ2v) is 9.26. The SMILES string of the molecule is Cc1ccc(-c2cnc(SCC(=O)Nc3nnc(C)s3)n2-c2ccc(OC(F)(F)F)cc2)cc1. The van der Waals surface area contributed by atoms with Gasteiger partial charge < -0.3 is 4.74 Å². The number of thioether (sulfide) groups is 1. The summed E-state index contributed by atoms with van der Waals surface area (Å²) in [6, 6.07) is 13.3. The van der Waals surface area contributed by atoms with Gasteiger partial charge in [-0.25, -0.2) is 4.98 Å². The van der Waals surface area contributed by atoms with Crippen LogP contribution in [0.15, 0.2) is 59.9 Å². The molecule has 0 aliphatic rings. The van der Waals surface area contributed by atoms with Crippen LogP contribution >= 0.6 is 23.1 Å². The lowest BCUT2D eigenvalue weighted by molar-refractivity contribution is -0.274. The lowest BCUT2D eigenvalue weighted by Crippen LogP contribution is -2.17. The van der Waals surface area contributed by atoms with E-state index in [1.165, 1.54) is 47.4 Å².